The molecule has 1 heterocycles. The van der Waals surface area contributed by atoms with Gasteiger partial charge in [-0.3, -0.25) is 4.79 Å². The maximum atomic E-state index is 12.6. The number of ether oxygens (including phenoxy) is 1. The van der Waals surface area contributed by atoms with Crippen LogP contribution in [0.3, 0.4) is 0 Å². The molecule has 1 amide bonds. The molecule has 1 N–H and O–H groups in total. The Kier molecular flexibility index (Phi) is 4.33. The Hall–Kier alpha value is -1.31. The first-order valence-corrected chi connectivity index (χ1v) is 5.47. The van der Waals surface area contributed by atoms with Gasteiger partial charge in [0, 0.05) is 0 Å². The van der Waals surface area contributed by atoms with Crippen molar-refractivity contribution >= 4 is 27.5 Å². The zero-order valence-electron chi connectivity index (χ0n) is 8.64. The summed E-state index contributed by atoms with van der Waals surface area (Å²) in [6.45, 7) is 0. The van der Waals surface area contributed by atoms with Gasteiger partial charge in [0.15, 0.2) is 0 Å². The number of rotatable bonds is 3. The van der Waals surface area contributed by atoms with E-state index in [0.29, 0.717) is 0 Å². The number of carbonyl (C=O) groups is 1. The van der Waals surface area contributed by atoms with E-state index in [9.17, 15) is 18.0 Å². The topological polar surface area (TPSA) is 51.2 Å². The molecular formula is C9H8BrF3N2O2. The molecule has 0 aliphatic heterocycles. The number of amides is 1. The van der Waals surface area contributed by atoms with Crippen molar-refractivity contribution in [3.05, 3.63) is 17.8 Å². The van der Waals surface area contributed by atoms with Gasteiger partial charge in [-0.1, -0.05) is 15.9 Å². The second-order valence-electron chi connectivity index (χ2n) is 2.96. The minimum Gasteiger partial charge on any atom is -0.481 e. The number of alkyl halides is 4. The fourth-order valence-electron chi connectivity index (χ4n) is 1.08. The van der Waals surface area contributed by atoms with Gasteiger partial charge < -0.3 is 10.1 Å². The molecule has 4 nitrogen and oxygen atoms in total. The summed E-state index contributed by atoms with van der Waals surface area (Å²) in [5, 5.41) is 2.24. The normalized spacial score (nSPS) is 11.1. The quantitative estimate of drug-likeness (QED) is 0.872. The third kappa shape index (κ3) is 3.58. The van der Waals surface area contributed by atoms with Gasteiger partial charge in [0.05, 0.1) is 24.3 Å². The van der Waals surface area contributed by atoms with Crippen molar-refractivity contribution in [2.45, 2.75) is 6.18 Å². The van der Waals surface area contributed by atoms with Crippen LogP contribution in [0.4, 0.5) is 18.9 Å². The number of nitrogens with zero attached hydrogens (tertiary/aromatic N) is 1. The lowest BCUT2D eigenvalue weighted by Gasteiger charge is -2.12. The van der Waals surface area contributed by atoms with Crippen molar-refractivity contribution in [1.82, 2.24) is 4.98 Å². The first-order valence-electron chi connectivity index (χ1n) is 4.35. The minimum absolute atomic E-state index is 0.0135. The monoisotopic (exact) mass is 312 g/mol. The molecule has 0 unspecified atom stereocenters. The molecule has 0 fully saturated rings. The number of anilines is 1. The average Bonchev–Trinajstić information content (AvgIpc) is 2.27. The van der Waals surface area contributed by atoms with Gasteiger partial charge >= 0.3 is 6.18 Å². The van der Waals surface area contributed by atoms with Crippen LogP contribution in [0.25, 0.3) is 0 Å². The number of pyridine rings is 1. The Balaban J connectivity index is 3.09. The van der Waals surface area contributed by atoms with E-state index in [1.165, 1.54) is 0 Å². The predicted octanol–water partition coefficient (Wildman–Crippen LogP) is 2.44. The van der Waals surface area contributed by atoms with Crippen LogP contribution in [0.5, 0.6) is 5.88 Å². The van der Waals surface area contributed by atoms with Crippen LogP contribution in [-0.4, -0.2) is 23.3 Å². The highest BCUT2D eigenvalue weighted by Crippen LogP contribution is 2.36. The van der Waals surface area contributed by atoms with Gasteiger partial charge in [-0.2, -0.15) is 13.2 Å². The Morgan fingerprint density at radius 1 is 1.59 bits per heavy atom. The van der Waals surface area contributed by atoms with Gasteiger partial charge in [-0.25, -0.2) is 4.98 Å². The summed E-state index contributed by atoms with van der Waals surface area (Å²) >= 11 is 2.88. The van der Waals surface area contributed by atoms with E-state index in [0.717, 1.165) is 19.4 Å². The lowest BCUT2D eigenvalue weighted by Crippen LogP contribution is -2.15. The molecule has 17 heavy (non-hydrogen) atoms. The zero-order valence-corrected chi connectivity index (χ0v) is 10.2. The SMILES string of the molecule is COc1ncc(NC(=O)CBr)cc1C(F)(F)F. The predicted molar refractivity (Wildman–Crippen MR) is 58.2 cm³/mol. The van der Waals surface area contributed by atoms with Gasteiger partial charge in [-0.15, -0.1) is 0 Å². The molecule has 0 saturated carbocycles. The van der Waals surface area contributed by atoms with Gasteiger partial charge in [0.1, 0.15) is 5.56 Å². The van der Waals surface area contributed by atoms with Crippen molar-refractivity contribution in [3.63, 3.8) is 0 Å². The molecule has 94 valence electrons. The first-order chi connectivity index (χ1) is 7.88. The summed E-state index contributed by atoms with van der Waals surface area (Å²) in [4.78, 5) is 14.5. The Morgan fingerprint density at radius 3 is 2.71 bits per heavy atom. The third-order valence-corrected chi connectivity index (χ3v) is 2.26. The molecule has 1 aromatic rings. The van der Waals surface area contributed by atoms with Gasteiger partial charge in [0.2, 0.25) is 11.8 Å². The number of methoxy groups -OCH3 is 1. The molecule has 0 spiro atoms. The number of halogens is 4. The Bertz CT molecular complexity index is 423. The molecule has 0 aromatic carbocycles. The lowest BCUT2D eigenvalue weighted by atomic mass is 10.2. The lowest BCUT2D eigenvalue weighted by molar-refractivity contribution is -0.139. The zero-order chi connectivity index (χ0) is 13.1. The van der Waals surface area contributed by atoms with Crippen molar-refractivity contribution < 1.29 is 22.7 Å². The Morgan fingerprint density at radius 2 is 2.24 bits per heavy atom. The van der Waals surface area contributed by atoms with Gasteiger partial charge in [0.25, 0.3) is 0 Å². The molecule has 0 aliphatic rings. The molecule has 0 atom stereocenters. The molecule has 0 bridgehead atoms. The van der Waals surface area contributed by atoms with E-state index in [1.54, 1.807) is 0 Å². The average molecular weight is 313 g/mol. The highest BCUT2D eigenvalue weighted by Gasteiger charge is 2.35. The summed E-state index contributed by atoms with van der Waals surface area (Å²) in [7, 11) is 1.09. The van der Waals surface area contributed by atoms with Crippen LogP contribution < -0.4 is 10.1 Å². The maximum absolute atomic E-state index is 12.6. The van der Waals surface area contributed by atoms with E-state index >= 15 is 0 Å². The molecule has 1 aromatic heterocycles. The standard InChI is InChI=1S/C9H8BrF3N2O2/c1-17-8-6(9(11,12)13)2-5(4-14-8)15-7(16)3-10/h2,4H,3H2,1H3,(H,15,16). The highest BCUT2D eigenvalue weighted by atomic mass is 79.9. The fraction of sp³-hybridized carbons (Fsp3) is 0.333. The summed E-state index contributed by atoms with van der Waals surface area (Å²) in [5.74, 6) is -1.00. The van der Waals surface area contributed by atoms with E-state index in [4.69, 9.17) is 0 Å². The van der Waals surface area contributed by atoms with Crippen LogP contribution in [-0.2, 0) is 11.0 Å². The fourth-order valence-corrected chi connectivity index (χ4v) is 1.22. The molecular weight excluding hydrogens is 305 g/mol. The van der Waals surface area contributed by atoms with Crippen LogP contribution in [0.15, 0.2) is 12.3 Å². The molecule has 0 aliphatic carbocycles. The minimum atomic E-state index is -4.59. The van der Waals surface area contributed by atoms with Crippen LogP contribution >= 0.6 is 15.9 Å². The van der Waals surface area contributed by atoms with Crippen LogP contribution in [0.1, 0.15) is 5.56 Å². The maximum Gasteiger partial charge on any atom is 0.421 e. The third-order valence-electron chi connectivity index (χ3n) is 1.76. The van der Waals surface area contributed by atoms with Crippen molar-refractivity contribution in [1.29, 1.82) is 0 Å². The van der Waals surface area contributed by atoms with E-state index in [2.05, 4.69) is 31.0 Å². The summed E-state index contributed by atoms with van der Waals surface area (Å²) in [6.07, 6.45) is -3.50. The largest absolute Gasteiger partial charge is 0.481 e. The van der Waals surface area contributed by atoms with Crippen molar-refractivity contribution in [3.8, 4) is 5.88 Å². The number of hydrogen-bond donors (Lipinski definition) is 1. The van der Waals surface area contributed by atoms with Gasteiger partial charge in [-0.05, 0) is 6.07 Å². The van der Waals surface area contributed by atoms with Crippen molar-refractivity contribution in [2.75, 3.05) is 17.8 Å². The number of hydrogen-bond acceptors (Lipinski definition) is 3. The highest BCUT2D eigenvalue weighted by molar-refractivity contribution is 9.09. The molecule has 0 saturated heterocycles. The molecule has 8 heteroatoms. The van der Waals surface area contributed by atoms with Crippen molar-refractivity contribution in [2.24, 2.45) is 0 Å². The second-order valence-corrected chi connectivity index (χ2v) is 3.52. The molecule has 0 radical (unpaired) electrons. The molecule has 1 rings (SSSR count). The van der Waals surface area contributed by atoms with E-state index < -0.39 is 23.5 Å². The summed E-state index contributed by atoms with van der Waals surface area (Å²) in [6, 6.07) is 0.770. The van der Waals surface area contributed by atoms with E-state index in [1.807, 2.05) is 0 Å². The summed E-state index contributed by atoms with van der Waals surface area (Å²) in [5.41, 5.74) is -1.07. The number of nitrogens with one attached hydrogen (secondary N) is 1. The number of carbonyl (C=O) groups excluding carboxylic acids is 1. The Labute approximate surface area is 103 Å². The van der Waals surface area contributed by atoms with E-state index in [-0.39, 0.29) is 11.0 Å². The first kappa shape index (κ1) is 13.8. The van der Waals surface area contributed by atoms with Crippen LogP contribution in [0.2, 0.25) is 0 Å². The smallest absolute Gasteiger partial charge is 0.421 e. The summed E-state index contributed by atoms with van der Waals surface area (Å²) < 4.78 is 42.3. The number of aromatic nitrogens is 1. The second kappa shape index (κ2) is 5.35. The van der Waals surface area contributed by atoms with Crippen LogP contribution in [0, 0.1) is 0 Å².